The predicted octanol–water partition coefficient (Wildman–Crippen LogP) is 4.48. The first-order valence-corrected chi connectivity index (χ1v) is 14.2. The third-order valence-corrected chi connectivity index (χ3v) is 8.51. The minimum atomic E-state index is -0.265. The Morgan fingerprint density at radius 2 is 1.71 bits per heavy atom. The molecule has 0 radical (unpaired) electrons. The van der Waals surface area contributed by atoms with E-state index in [1.807, 2.05) is 60.4 Å². The number of pyridine rings is 2. The third-order valence-electron chi connectivity index (χ3n) is 8.51. The summed E-state index contributed by atoms with van der Waals surface area (Å²) in [5, 5.41) is 16.6. The summed E-state index contributed by atoms with van der Waals surface area (Å²) in [6.07, 6.45) is 6.41. The fourth-order valence-electron chi connectivity index (χ4n) is 6.54. The number of anilines is 1. The minimum absolute atomic E-state index is 0.133. The molecule has 2 amide bonds. The van der Waals surface area contributed by atoms with E-state index < -0.39 is 0 Å². The molecule has 5 heterocycles. The number of piperidine rings is 1. The van der Waals surface area contributed by atoms with Gasteiger partial charge < -0.3 is 4.90 Å². The van der Waals surface area contributed by atoms with Crippen LogP contribution in [0.3, 0.4) is 0 Å². The number of rotatable bonds is 3. The van der Waals surface area contributed by atoms with Crippen molar-refractivity contribution < 1.29 is 9.59 Å². The van der Waals surface area contributed by atoms with Crippen LogP contribution in [0.5, 0.6) is 0 Å². The van der Waals surface area contributed by atoms with E-state index in [2.05, 4.69) is 25.6 Å². The summed E-state index contributed by atoms with van der Waals surface area (Å²) in [6, 6.07) is 16.8. The van der Waals surface area contributed by atoms with Gasteiger partial charge in [0.1, 0.15) is 11.0 Å². The van der Waals surface area contributed by atoms with Crippen LogP contribution in [0.1, 0.15) is 50.6 Å². The molecule has 41 heavy (non-hydrogen) atoms. The van der Waals surface area contributed by atoms with Crippen molar-refractivity contribution >= 4 is 40.1 Å². The van der Waals surface area contributed by atoms with Crippen LogP contribution in [0.15, 0.2) is 60.8 Å². The predicted molar refractivity (Wildman–Crippen MR) is 152 cm³/mol. The SMILES string of the molecule is CCN(C(=O)n1nnc2nc(C3CCC4C(CCCN4C(=O)n4nnc5ncccc54)C3)ccc21)c1ccccc1. The quantitative estimate of drug-likeness (QED) is 0.322. The zero-order chi connectivity index (χ0) is 27.9. The maximum atomic E-state index is 13.5. The number of para-hydroxylation sites is 1. The second kappa shape index (κ2) is 10.3. The van der Waals surface area contributed by atoms with Gasteiger partial charge in [0.15, 0.2) is 0 Å². The number of carbonyl (C=O) groups is 2. The molecule has 208 valence electrons. The van der Waals surface area contributed by atoms with Crippen LogP contribution in [0.2, 0.25) is 0 Å². The number of fused-ring (bicyclic) bond motifs is 3. The molecule has 12 heteroatoms. The summed E-state index contributed by atoms with van der Waals surface area (Å²) >= 11 is 0. The van der Waals surface area contributed by atoms with E-state index in [1.165, 1.54) is 9.36 Å². The van der Waals surface area contributed by atoms with Gasteiger partial charge in [-0.2, -0.15) is 9.36 Å². The molecular weight excluding hydrogens is 520 g/mol. The van der Waals surface area contributed by atoms with Crippen LogP contribution >= 0.6 is 0 Å². The topological polar surface area (TPSA) is 128 Å². The molecule has 3 unspecified atom stereocenters. The highest BCUT2D eigenvalue weighted by molar-refractivity contribution is 5.97. The maximum absolute atomic E-state index is 13.5. The molecule has 7 rings (SSSR count). The lowest BCUT2D eigenvalue weighted by Gasteiger charge is -2.45. The van der Waals surface area contributed by atoms with E-state index >= 15 is 0 Å². The number of hydrogen-bond donors (Lipinski definition) is 0. The Kier molecular flexibility index (Phi) is 6.37. The van der Waals surface area contributed by atoms with Crippen LogP contribution in [0.4, 0.5) is 15.3 Å². The van der Waals surface area contributed by atoms with Gasteiger partial charge in [0.05, 0.1) is 0 Å². The molecule has 1 aliphatic heterocycles. The van der Waals surface area contributed by atoms with Gasteiger partial charge >= 0.3 is 12.1 Å². The van der Waals surface area contributed by atoms with Gasteiger partial charge in [-0.05, 0) is 81.3 Å². The van der Waals surface area contributed by atoms with Gasteiger partial charge in [-0.25, -0.2) is 19.6 Å². The Hall–Kier alpha value is -4.74. The van der Waals surface area contributed by atoms with E-state index in [0.29, 0.717) is 41.3 Å². The van der Waals surface area contributed by atoms with E-state index in [0.717, 1.165) is 43.5 Å². The second-order valence-corrected chi connectivity index (χ2v) is 10.7. The molecule has 4 aromatic heterocycles. The maximum Gasteiger partial charge on any atom is 0.351 e. The lowest BCUT2D eigenvalue weighted by Crippen LogP contribution is -2.52. The first-order chi connectivity index (χ1) is 20.1. The van der Waals surface area contributed by atoms with Gasteiger partial charge in [-0.3, -0.25) is 4.90 Å². The molecular formula is C29H30N10O2. The summed E-state index contributed by atoms with van der Waals surface area (Å²) in [5.74, 6) is 0.627. The summed E-state index contributed by atoms with van der Waals surface area (Å²) in [5.41, 5.74) is 3.92. The molecule has 1 aromatic carbocycles. The van der Waals surface area contributed by atoms with Gasteiger partial charge in [-0.1, -0.05) is 28.6 Å². The number of nitrogens with zero attached hydrogens (tertiary/aromatic N) is 10. The molecule has 1 aliphatic carbocycles. The number of benzene rings is 1. The van der Waals surface area contributed by atoms with Gasteiger partial charge in [0.2, 0.25) is 11.3 Å². The first kappa shape index (κ1) is 25.2. The minimum Gasteiger partial charge on any atom is -0.320 e. The number of likely N-dealkylation sites (tertiary alicyclic amines) is 1. The van der Waals surface area contributed by atoms with Crippen LogP contribution in [0, 0.1) is 5.92 Å². The highest BCUT2D eigenvalue weighted by atomic mass is 16.2. The zero-order valence-corrected chi connectivity index (χ0v) is 22.7. The Labute approximate surface area is 236 Å². The summed E-state index contributed by atoms with van der Waals surface area (Å²) in [4.78, 5) is 39.6. The Morgan fingerprint density at radius 1 is 0.902 bits per heavy atom. The fraction of sp³-hybridized carbons (Fsp3) is 0.379. The van der Waals surface area contributed by atoms with Crippen LogP contribution in [-0.2, 0) is 0 Å². The van der Waals surface area contributed by atoms with Gasteiger partial charge in [-0.15, -0.1) is 10.2 Å². The Morgan fingerprint density at radius 3 is 2.56 bits per heavy atom. The highest BCUT2D eigenvalue weighted by Crippen LogP contribution is 2.42. The molecule has 1 saturated carbocycles. The molecule has 5 aromatic rings. The number of amides is 2. The summed E-state index contributed by atoms with van der Waals surface area (Å²) in [6.45, 7) is 3.15. The van der Waals surface area contributed by atoms with Crippen molar-refractivity contribution in [1.82, 2.24) is 44.9 Å². The molecule has 0 bridgehead atoms. The van der Waals surface area contributed by atoms with Crippen molar-refractivity contribution in [3.63, 3.8) is 0 Å². The van der Waals surface area contributed by atoms with Crippen LogP contribution in [0.25, 0.3) is 22.3 Å². The molecule has 2 aliphatic rings. The van der Waals surface area contributed by atoms with E-state index in [4.69, 9.17) is 4.98 Å². The van der Waals surface area contributed by atoms with Crippen molar-refractivity contribution in [3.05, 3.63) is 66.5 Å². The lowest BCUT2D eigenvalue weighted by atomic mass is 9.72. The van der Waals surface area contributed by atoms with E-state index in [9.17, 15) is 9.59 Å². The van der Waals surface area contributed by atoms with Gasteiger partial charge in [0.25, 0.3) is 0 Å². The van der Waals surface area contributed by atoms with Crippen molar-refractivity contribution in [2.75, 3.05) is 18.0 Å². The van der Waals surface area contributed by atoms with Gasteiger partial charge in [0, 0.05) is 42.6 Å². The van der Waals surface area contributed by atoms with Crippen LogP contribution in [-0.4, -0.2) is 76.0 Å². The molecule has 3 atom stereocenters. The first-order valence-electron chi connectivity index (χ1n) is 14.2. The highest BCUT2D eigenvalue weighted by Gasteiger charge is 2.40. The summed E-state index contributed by atoms with van der Waals surface area (Å²) < 4.78 is 2.71. The van der Waals surface area contributed by atoms with Crippen molar-refractivity contribution in [1.29, 1.82) is 0 Å². The molecule has 12 nitrogen and oxygen atoms in total. The normalized spacial score (nSPS) is 20.7. The molecule has 2 fully saturated rings. The largest absolute Gasteiger partial charge is 0.351 e. The standard InChI is InChI=1S/C29H30N10O2/c1-2-36(21-9-4-3-5-10-21)28(40)39-25-15-13-22(31-27(25)33-35-39)19-12-14-23-20(18-19)8-7-17-37(23)29(41)38-24-11-6-16-30-26(24)32-34-38/h3-6,9-11,13,15-16,19-20,23H,2,7-8,12,14,17-18H2,1H3. The average Bonchev–Trinajstić information content (AvgIpc) is 3.65. The van der Waals surface area contributed by atoms with Crippen molar-refractivity contribution in [2.24, 2.45) is 5.92 Å². The van der Waals surface area contributed by atoms with Crippen molar-refractivity contribution in [2.45, 2.75) is 51.0 Å². The lowest BCUT2D eigenvalue weighted by molar-refractivity contribution is 0.0763. The number of carbonyl (C=O) groups excluding carboxylic acids is 2. The smallest absolute Gasteiger partial charge is 0.320 e. The molecule has 0 spiro atoms. The fourth-order valence-corrected chi connectivity index (χ4v) is 6.54. The second-order valence-electron chi connectivity index (χ2n) is 10.7. The third kappa shape index (κ3) is 4.39. The van der Waals surface area contributed by atoms with E-state index in [1.54, 1.807) is 17.2 Å². The van der Waals surface area contributed by atoms with Crippen molar-refractivity contribution in [3.8, 4) is 0 Å². The summed E-state index contributed by atoms with van der Waals surface area (Å²) in [7, 11) is 0. The van der Waals surface area contributed by atoms with Crippen LogP contribution < -0.4 is 4.90 Å². The zero-order valence-electron chi connectivity index (χ0n) is 22.7. The Balaban J connectivity index is 1.09. The monoisotopic (exact) mass is 550 g/mol. The molecule has 0 N–H and O–H groups in total. The number of hydrogen-bond acceptors (Lipinski definition) is 8. The molecule has 1 saturated heterocycles. The average molecular weight is 551 g/mol. The number of aromatic nitrogens is 8. The Bertz CT molecular complexity index is 1730. The van der Waals surface area contributed by atoms with E-state index in [-0.39, 0.29) is 24.0 Å².